The minimum Gasteiger partial charge on any atom is -0.497 e. The first-order valence-electron chi connectivity index (χ1n) is 11.9. The summed E-state index contributed by atoms with van der Waals surface area (Å²) in [5.41, 5.74) is 2.24. The number of hydrogen-bond acceptors (Lipinski definition) is 7. The number of halogens is 1. The second kappa shape index (κ2) is 12.7. The van der Waals surface area contributed by atoms with Gasteiger partial charge in [0, 0.05) is 23.7 Å². The summed E-state index contributed by atoms with van der Waals surface area (Å²) >= 11 is 7.31. The summed E-state index contributed by atoms with van der Waals surface area (Å²) in [5, 5.41) is 3.28. The molecule has 198 valence electrons. The van der Waals surface area contributed by atoms with Crippen molar-refractivity contribution in [1.29, 1.82) is 0 Å². The van der Waals surface area contributed by atoms with E-state index in [0.717, 1.165) is 5.56 Å². The Bertz CT molecular complexity index is 1330. The molecule has 0 spiro atoms. The van der Waals surface area contributed by atoms with Gasteiger partial charge in [-0.2, -0.15) is 0 Å². The summed E-state index contributed by atoms with van der Waals surface area (Å²) < 4.78 is 16.0. The topological polar surface area (TPSA) is 89.5 Å². The zero-order valence-electron chi connectivity index (χ0n) is 21.3. The van der Waals surface area contributed by atoms with Crippen molar-refractivity contribution in [3.63, 3.8) is 0 Å². The van der Waals surface area contributed by atoms with E-state index in [1.165, 1.54) is 11.8 Å². The van der Waals surface area contributed by atoms with Gasteiger partial charge in [-0.3, -0.25) is 14.5 Å². The third-order valence-electron chi connectivity index (χ3n) is 5.87. The van der Waals surface area contributed by atoms with Crippen molar-refractivity contribution in [2.45, 2.75) is 18.1 Å². The highest BCUT2D eigenvalue weighted by atomic mass is 35.5. The quantitative estimate of drug-likeness (QED) is 0.353. The summed E-state index contributed by atoms with van der Waals surface area (Å²) in [7, 11) is 4.77. The lowest BCUT2D eigenvalue weighted by Gasteiger charge is -2.17. The SMILES string of the molecule is COc1ccc(N=C2S[C@@H](CC(=O)Nc3cccc(Cl)c3)C(=O)N2CCc2ccc(OC)c(OC)c2)cc1. The molecule has 38 heavy (non-hydrogen) atoms. The predicted octanol–water partition coefficient (Wildman–Crippen LogP) is 5.57. The number of nitrogens with zero attached hydrogens (tertiary/aromatic N) is 2. The number of rotatable bonds is 10. The Balaban J connectivity index is 1.52. The van der Waals surface area contributed by atoms with Crippen LogP contribution in [0, 0.1) is 0 Å². The molecule has 1 aliphatic heterocycles. The molecule has 4 rings (SSSR count). The smallest absolute Gasteiger partial charge is 0.242 e. The van der Waals surface area contributed by atoms with E-state index in [1.807, 2.05) is 42.5 Å². The molecule has 0 unspecified atom stereocenters. The predicted molar refractivity (Wildman–Crippen MR) is 151 cm³/mol. The zero-order valence-corrected chi connectivity index (χ0v) is 22.8. The highest BCUT2D eigenvalue weighted by molar-refractivity contribution is 8.15. The Morgan fingerprint density at radius 1 is 1.00 bits per heavy atom. The number of hydrogen-bond donors (Lipinski definition) is 1. The fourth-order valence-electron chi connectivity index (χ4n) is 3.92. The van der Waals surface area contributed by atoms with Crippen molar-refractivity contribution in [3.8, 4) is 17.2 Å². The molecule has 0 saturated carbocycles. The van der Waals surface area contributed by atoms with Gasteiger partial charge >= 0.3 is 0 Å². The zero-order chi connectivity index (χ0) is 27.1. The maximum absolute atomic E-state index is 13.5. The van der Waals surface area contributed by atoms with Crippen LogP contribution in [-0.4, -0.2) is 55.0 Å². The van der Waals surface area contributed by atoms with Crippen molar-refractivity contribution in [1.82, 2.24) is 4.90 Å². The summed E-state index contributed by atoms with van der Waals surface area (Å²) in [6.07, 6.45) is 0.570. The number of carbonyl (C=O) groups is 2. The number of amidine groups is 1. The van der Waals surface area contributed by atoms with Gasteiger partial charge in [-0.1, -0.05) is 35.5 Å². The molecule has 1 saturated heterocycles. The Hall–Kier alpha value is -3.69. The number of thioether (sulfide) groups is 1. The lowest BCUT2D eigenvalue weighted by Crippen LogP contribution is -2.35. The van der Waals surface area contributed by atoms with Crippen LogP contribution in [-0.2, 0) is 16.0 Å². The third-order valence-corrected chi connectivity index (χ3v) is 7.28. The molecular formula is C28H28ClN3O5S. The summed E-state index contributed by atoms with van der Waals surface area (Å²) in [5.74, 6) is 1.53. The molecule has 3 aromatic rings. The molecular weight excluding hydrogens is 526 g/mol. The number of nitrogens with one attached hydrogen (secondary N) is 1. The first kappa shape index (κ1) is 27.3. The van der Waals surface area contributed by atoms with Gasteiger partial charge in [-0.25, -0.2) is 4.99 Å². The molecule has 1 N–H and O–H groups in total. The van der Waals surface area contributed by atoms with Gasteiger partial charge in [0.25, 0.3) is 0 Å². The number of aliphatic imine (C=N–C) groups is 1. The molecule has 1 atom stereocenters. The van der Waals surface area contributed by atoms with Gasteiger partial charge in [0.2, 0.25) is 11.8 Å². The van der Waals surface area contributed by atoms with Gasteiger partial charge in [0.1, 0.15) is 11.0 Å². The molecule has 2 amide bonds. The van der Waals surface area contributed by atoms with E-state index in [-0.39, 0.29) is 18.2 Å². The average molecular weight is 554 g/mol. The fraction of sp³-hybridized carbons (Fsp3) is 0.250. The van der Waals surface area contributed by atoms with E-state index in [1.54, 1.807) is 50.5 Å². The number of amides is 2. The minimum atomic E-state index is -0.600. The molecule has 10 heteroatoms. The van der Waals surface area contributed by atoms with Crippen LogP contribution in [0.25, 0.3) is 0 Å². The standard InChI is InChI=1S/C28H28ClN3O5S/c1-35-22-10-8-20(9-11-22)31-28-32(14-13-18-7-12-23(36-2)24(15-18)37-3)27(34)25(38-28)17-26(33)30-21-6-4-5-19(29)16-21/h4-12,15-16,25H,13-14,17H2,1-3H3,(H,30,33)/t25-/m0/s1. The largest absolute Gasteiger partial charge is 0.497 e. The molecule has 0 aromatic heterocycles. The van der Waals surface area contributed by atoms with E-state index in [0.29, 0.717) is 51.8 Å². The highest BCUT2D eigenvalue weighted by Crippen LogP contribution is 2.33. The lowest BCUT2D eigenvalue weighted by atomic mass is 10.1. The molecule has 0 aliphatic carbocycles. The molecule has 0 radical (unpaired) electrons. The fourth-order valence-corrected chi connectivity index (χ4v) is 5.30. The van der Waals surface area contributed by atoms with Crippen LogP contribution < -0.4 is 19.5 Å². The van der Waals surface area contributed by atoms with Gasteiger partial charge in [-0.15, -0.1) is 0 Å². The Morgan fingerprint density at radius 3 is 2.45 bits per heavy atom. The lowest BCUT2D eigenvalue weighted by molar-refractivity contribution is -0.128. The van der Waals surface area contributed by atoms with E-state index >= 15 is 0 Å². The number of methoxy groups -OCH3 is 3. The maximum atomic E-state index is 13.5. The van der Waals surface area contributed by atoms with Gasteiger partial charge in [0.15, 0.2) is 16.7 Å². The van der Waals surface area contributed by atoms with Gasteiger partial charge in [0.05, 0.1) is 27.0 Å². The van der Waals surface area contributed by atoms with Crippen LogP contribution in [0.3, 0.4) is 0 Å². The Morgan fingerprint density at radius 2 is 1.76 bits per heavy atom. The van der Waals surface area contributed by atoms with E-state index < -0.39 is 5.25 Å². The van der Waals surface area contributed by atoms with E-state index in [9.17, 15) is 9.59 Å². The molecule has 8 nitrogen and oxygen atoms in total. The first-order chi connectivity index (χ1) is 18.4. The molecule has 3 aromatic carbocycles. The van der Waals surface area contributed by atoms with Crippen LogP contribution in [0.15, 0.2) is 71.7 Å². The summed E-state index contributed by atoms with van der Waals surface area (Å²) in [6, 6.07) is 19.8. The molecule has 1 aliphatic rings. The van der Waals surface area contributed by atoms with Crippen LogP contribution in [0.4, 0.5) is 11.4 Å². The molecule has 1 heterocycles. The van der Waals surface area contributed by atoms with Crippen LogP contribution >= 0.6 is 23.4 Å². The van der Waals surface area contributed by atoms with E-state index in [2.05, 4.69) is 5.32 Å². The van der Waals surface area contributed by atoms with Gasteiger partial charge in [-0.05, 0) is 66.6 Å². The van der Waals surface area contributed by atoms with Crippen molar-refractivity contribution in [2.24, 2.45) is 4.99 Å². The average Bonchev–Trinajstić information content (AvgIpc) is 3.20. The summed E-state index contributed by atoms with van der Waals surface area (Å²) in [6.45, 7) is 0.392. The monoisotopic (exact) mass is 553 g/mol. The third kappa shape index (κ3) is 6.79. The van der Waals surface area contributed by atoms with Gasteiger partial charge < -0.3 is 19.5 Å². The molecule has 1 fully saturated rings. The van der Waals surface area contributed by atoms with Crippen LogP contribution in [0.5, 0.6) is 17.2 Å². The second-order valence-electron chi connectivity index (χ2n) is 8.39. The van der Waals surface area contributed by atoms with Crippen molar-refractivity contribution < 1.29 is 23.8 Å². The molecule has 0 bridgehead atoms. The second-order valence-corrected chi connectivity index (χ2v) is 10.00. The van der Waals surface area contributed by atoms with Crippen LogP contribution in [0.2, 0.25) is 5.02 Å². The summed E-state index contributed by atoms with van der Waals surface area (Å²) in [4.78, 5) is 32.6. The normalized spacial score (nSPS) is 16.0. The Kier molecular flexibility index (Phi) is 9.15. The number of benzene rings is 3. The van der Waals surface area contributed by atoms with Crippen molar-refractivity contribution in [2.75, 3.05) is 33.2 Å². The van der Waals surface area contributed by atoms with Crippen molar-refractivity contribution in [3.05, 3.63) is 77.3 Å². The highest BCUT2D eigenvalue weighted by Gasteiger charge is 2.39. The Labute approximate surface area is 230 Å². The number of ether oxygens (including phenoxy) is 3. The van der Waals surface area contributed by atoms with Crippen molar-refractivity contribution >= 4 is 51.7 Å². The number of carbonyl (C=O) groups excluding carboxylic acids is 2. The first-order valence-corrected chi connectivity index (χ1v) is 13.1. The maximum Gasteiger partial charge on any atom is 0.242 e. The minimum absolute atomic E-state index is 0.00447. The number of anilines is 1. The van der Waals surface area contributed by atoms with Crippen LogP contribution in [0.1, 0.15) is 12.0 Å². The van der Waals surface area contributed by atoms with E-state index in [4.69, 9.17) is 30.8 Å².